The second-order valence-corrected chi connectivity index (χ2v) is 11.5. The van der Waals surface area contributed by atoms with Gasteiger partial charge in [-0.1, -0.05) is 12.1 Å². The number of hydrogen-bond donors (Lipinski definition) is 1. The van der Waals surface area contributed by atoms with Crippen LogP contribution >= 0.6 is 0 Å². The summed E-state index contributed by atoms with van der Waals surface area (Å²) in [6, 6.07) is 15.8. The fourth-order valence-corrected chi connectivity index (χ4v) is 5.37. The molecular weight excluding hydrogens is 518 g/mol. The van der Waals surface area contributed by atoms with E-state index in [1.165, 1.54) is 18.4 Å². The second kappa shape index (κ2) is 11.7. The molecule has 0 unspecified atom stereocenters. The maximum atomic E-state index is 12.1. The van der Waals surface area contributed by atoms with Gasteiger partial charge in [-0.2, -0.15) is 0 Å². The number of piperidine rings is 1. The van der Waals surface area contributed by atoms with Crippen LogP contribution in [-0.2, 0) is 23.1 Å². The number of aromatic nitrogens is 3. The molecule has 0 spiro atoms. The van der Waals surface area contributed by atoms with Crippen molar-refractivity contribution in [1.29, 1.82) is 0 Å². The fraction of sp³-hybridized carbons (Fsp3) is 0.375. The minimum Gasteiger partial charge on any atom is -0.465 e. The monoisotopic (exact) mass is 555 g/mol. The van der Waals surface area contributed by atoms with Crippen LogP contribution in [0, 0.1) is 0 Å². The molecule has 41 heavy (non-hydrogen) atoms. The van der Waals surface area contributed by atoms with E-state index < -0.39 is 11.7 Å². The second-order valence-electron chi connectivity index (χ2n) is 11.5. The van der Waals surface area contributed by atoms with Crippen LogP contribution < -0.4 is 5.32 Å². The number of rotatable bonds is 6. The largest absolute Gasteiger partial charge is 0.465 e. The van der Waals surface area contributed by atoms with Crippen LogP contribution in [0.3, 0.4) is 0 Å². The molecule has 1 N–H and O–H groups in total. The molecule has 4 heterocycles. The summed E-state index contributed by atoms with van der Waals surface area (Å²) in [5.41, 5.74) is 5.40. The smallest absolute Gasteiger partial charge is 0.413 e. The Morgan fingerprint density at radius 2 is 1.76 bits per heavy atom. The molecule has 214 valence electrons. The summed E-state index contributed by atoms with van der Waals surface area (Å²) < 4.78 is 12.3. The van der Waals surface area contributed by atoms with Gasteiger partial charge in [0.05, 0.1) is 12.7 Å². The number of carbonyl (C=O) groups is 2. The number of anilines is 1. The third kappa shape index (κ3) is 6.57. The van der Waals surface area contributed by atoms with Gasteiger partial charge in [-0.05, 0) is 100 Å². The summed E-state index contributed by atoms with van der Waals surface area (Å²) in [5.74, 6) is 0.617. The van der Waals surface area contributed by atoms with Gasteiger partial charge in [0.15, 0.2) is 0 Å². The molecule has 0 saturated carbocycles. The number of nitrogens with one attached hydrogen (secondary N) is 1. The number of ether oxygens (including phenoxy) is 2. The van der Waals surface area contributed by atoms with Gasteiger partial charge in [-0.15, -0.1) is 0 Å². The standard InChI is InChI=1S/C32H37N5O4/c1-32(2,3)41-31(39)35-28-11-10-24(19-34-28)26-12-15-33-29-27(26)18-25(36(29)4)20-37-16-13-22(14-17-37)21-6-8-23(9-7-21)30(38)40-5/h6-12,15,18-19,22H,13-14,16-17,20H2,1-5H3,(H,34,35,39). The zero-order valence-corrected chi connectivity index (χ0v) is 24.3. The maximum Gasteiger partial charge on any atom is 0.413 e. The first kappa shape index (κ1) is 28.3. The summed E-state index contributed by atoms with van der Waals surface area (Å²) in [7, 11) is 3.47. The summed E-state index contributed by atoms with van der Waals surface area (Å²) in [6.07, 6.45) is 5.19. The minimum absolute atomic E-state index is 0.303. The van der Waals surface area contributed by atoms with E-state index in [1.54, 1.807) is 12.3 Å². The molecule has 1 aliphatic rings. The Labute approximate surface area is 240 Å². The molecule has 5 rings (SSSR count). The number of nitrogens with zero attached hydrogens (tertiary/aromatic N) is 4. The molecule has 4 aromatic rings. The highest BCUT2D eigenvalue weighted by atomic mass is 16.6. The van der Waals surface area contributed by atoms with E-state index in [2.05, 4.69) is 50.0 Å². The average molecular weight is 556 g/mol. The van der Waals surface area contributed by atoms with Crippen molar-refractivity contribution >= 4 is 28.9 Å². The van der Waals surface area contributed by atoms with E-state index >= 15 is 0 Å². The van der Waals surface area contributed by atoms with E-state index in [-0.39, 0.29) is 5.97 Å². The molecule has 1 saturated heterocycles. The van der Waals surface area contributed by atoms with Crippen molar-refractivity contribution in [2.45, 2.75) is 51.7 Å². The van der Waals surface area contributed by atoms with Gasteiger partial charge in [-0.25, -0.2) is 19.6 Å². The predicted molar refractivity (Wildman–Crippen MR) is 159 cm³/mol. The van der Waals surface area contributed by atoms with E-state index in [0.717, 1.165) is 54.6 Å². The third-order valence-electron chi connectivity index (χ3n) is 7.51. The Morgan fingerprint density at radius 1 is 1.02 bits per heavy atom. The van der Waals surface area contributed by atoms with Crippen molar-refractivity contribution < 1.29 is 19.1 Å². The maximum absolute atomic E-state index is 12.1. The summed E-state index contributed by atoms with van der Waals surface area (Å²) in [5, 5.41) is 3.75. The van der Waals surface area contributed by atoms with Crippen molar-refractivity contribution in [3.8, 4) is 11.1 Å². The number of aryl methyl sites for hydroxylation is 1. The van der Waals surface area contributed by atoms with Crippen LogP contribution in [0.15, 0.2) is 60.9 Å². The van der Waals surface area contributed by atoms with Crippen molar-refractivity contribution in [1.82, 2.24) is 19.4 Å². The van der Waals surface area contributed by atoms with E-state index in [1.807, 2.05) is 51.2 Å². The lowest BCUT2D eigenvalue weighted by atomic mass is 9.89. The van der Waals surface area contributed by atoms with Crippen LogP contribution in [0.25, 0.3) is 22.2 Å². The molecule has 0 radical (unpaired) electrons. The minimum atomic E-state index is -0.577. The van der Waals surface area contributed by atoms with Crippen molar-refractivity contribution in [3.63, 3.8) is 0 Å². The molecule has 0 atom stereocenters. The van der Waals surface area contributed by atoms with Gasteiger partial charge in [0, 0.05) is 42.6 Å². The first-order chi connectivity index (χ1) is 19.6. The summed E-state index contributed by atoms with van der Waals surface area (Å²) >= 11 is 0. The zero-order chi connectivity index (χ0) is 29.1. The number of benzene rings is 1. The third-order valence-corrected chi connectivity index (χ3v) is 7.51. The lowest BCUT2D eigenvalue weighted by Gasteiger charge is -2.32. The molecular formula is C32H37N5O4. The molecule has 1 aromatic carbocycles. The summed E-state index contributed by atoms with van der Waals surface area (Å²) in [6.45, 7) is 8.31. The van der Waals surface area contributed by atoms with Gasteiger partial charge >= 0.3 is 12.1 Å². The number of hydrogen-bond acceptors (Lipinski definition) is 7. The normalized spacial score (nSPS) is 14.7. The Bertz CT molecular complexity index is 1530. The van der Waals surface area contributed by atoms with Gasteiger partial charge < -0.3 is 14.0 Å². The quantitative estimate of drug-likeness (QED) is 0.285. The molecule has 1 aliphatic heterocycles. The van der Waals surface area contributed by atoms with Gasteiger partial charge in [-0.3, -0.25) is 10.2 Å². The highest BCUT2D eigenvalue weighted by Crippen LogP contribution is 2.32. The van der Waals surface area contributed by atoms with Gasteiger partial charge in [0.1, 0.15) is 17.1 Å². The van der Waals surface area contributed by atoms with Crippen LogP contribution in [-0.4, -0.2) is 57.3 Å². The zero-order valence-electron chi connectivity index (χ0n) is 24.3. The number of methoxy groups -OCH3 is 1. The number of fused-ring (bicyclic) bond motifs is 1. The highest BCUT2D eigenvalue weighted by Gasteiger charge is 2.23. The molecule has 0 aliphatic carbocycles. The number of amides is 1. The Balaban J connectivity index is 1.25. The lowest BCUT2D eigenvalue weighted by Crippen LogP contribution is -2.33. The first-order valence-electron chi connectivity index (χ1n) is 13.9. The lowest BCUT2D eigenvalue weighted by molar-refractivity contribution is 0.0598. The van der Waals surface area contributed by atoms with E-state index in [9.17, 15) is 9.59 Å². The van der Waals surface area contributed by atoms with Gasteiger partial charge in [0.2, 0.25) is 0 Å². The van der Waals surface area contributed by atoms with Crippen molar-refractivity contribution in [2.75, 3.05) is 25.5 Å². The molecule has 9 heteroatoms. The number of esters is 1. The van der Waals surface area contributed by atoms with Crippen LogP contribution in [0.2, 0.25) is 0 Å². The Morgan fingerprint density at radius 3 is 2.39 bits per heavy atom. The Hall–Kier alpha value is -4.24. The number of pyridine rings is 2. The van der Waals surface area contributed by atoms with Crippen molar-refractivity contribution in [3.05, 3.63) is 77.7 Å². The van der Waals surface area contributed by atoms with Crippen LogP contribution in [0.5, 0.6) is 0 Å². The number of likely N-dealkylation sites (tertiary alicyclic amines) is 1. The molecule has 9 nitrogen and oxygen atoms in total. The highest BCUT2D eigenvalue weighted by molar-refractivity contribution is 5.94. The number of carbonyl (C=O) groups excluding carboxylic acids is 2. The van der Waals surface area contributed by atoms with E-state index in [4.69, 9.17) is 9.47 Å². The van der Waals surface area contributed by atoms with Crippen LogP contribution in [0.1, 0.15) is 61.1 Å². The topological polar surface area (TPSA) is 98.6 Å². The molecule has 1 amide bonds. The summed E-state index contributed by atoms with van der Waals surface area (Å²) in [4.78, 5) is 35.4. The predicted octanol–water partition coefficient (Wildman–Crippen LogP) is 6.15. The Kier molecular flexibility index (Phi) is 8.08. The van der Waals surface area contributed by atoms with Crippen molar-refractivity contribution in [2.24, 2.45) is 7.05 Å². The average Bonchev–Trinajstić information content (AvgIpc) is 3.27. The SMILES string of the molecule is COC(=O)c1ccc(C2CCN(Cc3cc4c(-c5ccc(NC(=O)OC(C)(C)C)nc5)ccnc4n3C)CC2)cc1. The van der Waals surface area contributed by atoms with Gasteiger partial charge in [0.25, 0.3) is 0 Å². The van der Waals surface area contributed by atoms with Crippen LogP contribution in [0.4, 0.5) is 10.6 Å². The molecule has 1 fully saturated rings. The first-order valence-corrected chi connectivity index (χ1v) is 13.9. The van der Waals surface area contributed by atoms with E-state index in [0.29, 0.717) is 17.3 Å². The fourth-order valence-electron chi connectivity index (χ4n) is 5.37. The molecule has 0 bridgehead atoms. The molecule has 3 aromatic heterocycles.